The van der Waals surface area contributed by atoms with E-state index in [0.717, 1.165) is 30.3 Å². The highest BCUT2D eigenvalue weighted by molar-refractivity contribution is 6.10. The molecule has 0 spiro atoms. The summed E-state index contributed by atoms with van der Waals surface area (Å²) in [6.07, 6.45) is 3.20. The molecule has 2 aromatic rings. The Bertz CT molecular complexity index is 951. The lowest BCUT2D eigenvalue weighted by atomic mass is 10.0. The summed E-state index contributed by atoms with van der Waals surface area (Å²) < 4.78 is 5.86. The van der Waals surface area contributed by atoms with Gasteiger partial charge in [-0.3, -0.25) is 15.1 Å². The molecule has 138 valence electrons. The molecule has 0 atom stereocenters. The summed E-state index contributed by atoms with van der Waals surface area (Å²) in [6, 6.07) is 8.91. The molecule has 0 bridgehead atoms. The third-order valence-electron chi connectivity index (χ3n) is 4.63. The molecule has 2 heterocycles. The molecule has 2 aliphatic rings. The van der Waals surface area contributed by atoms with Crippen LogP contribution < -0.4 is 21.1 Å². The molecule has 8 nitrogen and oxygen atoms in total. The number of hydrogen-bond acceptors (Lipinski definition) is 5. The number of benzene rings is 1. The standard InChI is InChI=1S/C19H20N6O2/c20-8-11-6-13(27-12-4-5-12)7-14-15(11)9-25(19(14)26)17-3-1-2-16(24-17)18(22)23-10-21/h1-3,6-7,10,12H,4-5,8-9,20H2,(H3,21,22,23). The van der Waals surface area contributed by atoms with E-state index < -0.39 is 0 Å². The minimum atomic E-state index is -0.145. The Kier molecular flexibility index (Phi) is 4.33. The van der Waals surface area contributed by atoms with Crippen LogP contribution in [0.15, 0.2) is 35.3 Å². The number of carbonyl (C=O) groups is 1. The Morgan fingerprint density at radius 3 is 2.93 bits per heavy atom. The molecule has 1 aliphatic carbocycles. The second kappa shape index (κ2) is 6.81. The van der Waals surface area contributed by atoms with Crippen molar-refractivity contribution >= 4 is 23.9 Å². The smallest absolute Gasteiger partial charge is 0.260 e. The lowest BCUT2D eigenvalue weighted by Gasteiger charge is -2.15. The van der Waals surface area contributed by atoms with E-state index >= 15 is 0 Å². The lowest BCUT2D eigenvalue weighted by Crippen LogP contribution is -2.25. The van der Waals surface area contributed by atoms with Crippen LogP contribution in [0.5, 0.6) is 5.75 Å². The Morgan fingerprint density at radius 2 is 2.22 bits per heavy atom. The summed E-state index contributed by atoms with van der Waals surface area (Å²) in [5.41, 5.74) is 14.5. The van der Waals surface area contributed by atoms with Gasteiger partial charge >= 0.3 is 0 Å². The zero-order chi connectivity index (χ0) is 19.0. The molecule has 0 unspecified atom stereocenters. The molecule has 8 heteroatoms. The molecule has 4 rings (SSSR count). The number of anilines is 1. The van der Waals surface area contributed by atoms with E-state index in [-0.39, 0.29) is 17.8 Å². The van der Waals surface area contributed by atoms with Gasteiger partial charge in [-0.15, -0.1) is 0 Å². The van der Waals surface area contributed by atoms with Crippen LogP contribution in [0.25, 0.3) is 0 Å². The molecular weight excluding hydrogens is 344 g/mol. The number of carbonyl (C=O) groups excluding carboxylic acids is 1. The normalized spacial score (nSPS) is 16.4. The SMILES string of the molecule is N=CN=C(N)c1cccc(N2Cc3c(CN)cc(OC4CC4)cc3C2=O)n1. The third kappa shape index (κ3) is 3.26. The molecule has 1 fully saturated rings. The topological polar surface area (TPSA) is 131 Å². The Balaban J connectivity index is 1.68. The number of pyridine rings is 1. The first-order chi connectivity index (χ1) is 13.1. The molecule has 1 saturated carbocycles. The number of nitrogens with one attached hydrogen (secondary N) is 1. The van der Waals surface area contributed by atoms with Crippen LogP contribution in [0.4, 0.5) is 5.82 Å². The summed E-state index contributed by atoms with van der Waals surface area (Å²) >= 11 is 0. The van der Waals surface area contributed by atoms with Gasteiger partial charge in [0.2, 0.25) is 0 Å². The number of nitrogens with zero attached hydrogens (tertiary/aromatic N) is 3. The van der Waals surface area contributed by atoms with Crippen LogP contribution in [0.1, 0.15) is 40.0 Å². The van der Waals surface area contributed by atoms with Gasteiger partial charge in [-0.05, 0) is 48.2 Å². The van der Waals surface area contributed by atoms with Crippen molar-refractivity contribution in [3.05, 3.63) is 52.7 Å². The van der Waals surface area contributed by atoms with Crippen LogP contribution in [0.3, 0.4) is 0 Å². The van der Waals surface area contributed by atoms with Gasteiger partial charge in [0.1, 0.15) is 23.6 Å². The van der Waals surface area contributed by atoms with Crippen molar-refractivity contribution in [2.24, 2.45) is 16.5 Å². The predicted octanol–water partition coefficient (Wildman–Crippen LogP) is 1.55. The van der Waals surface area contributed by atoms with Gasteiger partial charge in [0.25, 0.3) is 5.91 Å². The third-order valence-corrected chi connectivity index (χ3v) is 4.63. The summed E-state index contributed by atoms with van der Waals surface area (Å²) in [5, 5.41) is 7.03. The monoisotopic (exact) mass is 364 g/mol. The molecule has 1 aliphatic heterocycles. The number of ether oxygens (including phenoxy) is 1. The number of nitrogens with two attached hydrogens (primary N) is 2. The van der Waals surface area contributed by atoms with Gasteiger partial charge in [0, 0.05) is 12.1 Å². The average molecular weight is 364 g/mol. The van der Waals surface area contributed by atoms with E-state index in [9.17, 15) is 4.79 Å². The van der Waals surface area contributed by atoms with Crippen LogP contribution in [0.2, 0.25) is 0 Å². The number of amidine groups is 1. The largest absolute Gasteiger partial charge is 0.490 e. The molecule has 1 aromatic heterocycles. The summed E-state index contributed by atoms with van der Waals surface area (Å²) in [6.45, 7) is 0.722. The van der Waals surface area contributed by atoms with Crippen molar-refractivity contribution in [3.8, 4) is 5.75 Å². The van der Waals surface area contributed by atoms with E-state index in [0.29, 0.717) is 35.9 Å². The summed E-state index contributed by atoms with van der Waals surface area (Å²) in [4.78, 5) is 22.8. The Hall–Kier alpha value is -3.26. The van der Waals surface area contributed by atoms with E-state index in [1.54, 1.807) is 29.2 Å². The number of aliphatic imine (C=N–C) groups is 1. The first-order valence-corrected chi connectivity index (χ1v) is 8.74. The van der Waals surface area contributed by atoms with Crippen molar-refractivity contribution in [1.82, 2.24) is 4.98 Å². The highest BCUT2D eigenvalue weighted by Crippen LogP contribution is 2.35. The fourth-order valence-corrected chi connectivity index (χ4v) is 3.12. The van der Waals surface area contributed by atoms with Crippen molar-refractivity contribution in [2.45, 2.75) is 32.0 Å². The quantitative estimate of drug-likeness (QED) is 0.529. The molecule has 0 radical (unpaired) electrons. The van der Waals surface area contributed by atoms with Crippen LogP contribution in [0, 0.1) is 5.41 Å². The minimum Gasteiger partial charge on any atom is -0.490 e. The maximum atomic E-state index is 13.0. The number of hydrogen-bond donors (Lipinski definition) is 3. The minimum absolute atomic E-state index is 0.124. The van der Waals surface area contributed by atoms with E-state index in [1.807, 2.05) is 6.07 Å². The van der Waals surface area contributed by atoms with E-state index in [2.05, 4.69) is 9.98 Å². The molecule has 0 saturated heterocycles. The molecule has 1 amide bonds. The van der Waals surface area contributed by atoms with Crippen molar-refractivity contribution < 1.29 is 9.53 Å². The van der Waals surface area contributed by atoms with Gasteiger partial charge in [-0.25, -0.2) is 9.98 Å². The van der Waals surface area contributed by atoms with Gasteiger partial charge < -0.3 is 16.2 Å². The predicted molar refractivity (Wildman–Crippen MR) is 102 cm³/mol. The average Bonchev–Trinajstić information content (AvgIpc) is 3.43. The van der Waals surface area contributed by atoms with Gasteiger partial charge in [0.05, 0.1) is 12.6 Å². The molecular formula is C19H20N6O2. The zero-order valence-corrected chi connectivity index (χ0v) is 14.7. The highest BCUT2D eigenvalue weighted by atomic mass is 16.5. The number of aromatic nitrogens is 1. The Labute approximate surface area is 156 Å². The lowest BCUT2D eigenvalue weighted by molar-refractivity contribution is 0.0995. The molecule has 5 N–H and O–H groups in total. The van der Waals surface area contributed by atoms with Gasteiger partial charge in [-0.1, -0.05) is 6.07 Å². The van der Waals surface area contributed by atoms with E-state index in [1.165, 1.54) is 0 Å². The fourth-order valence-electron chi connectivity index (χ4n) is 3.12. The first kappa shape index (κ1) is 17.2. The first-order valence-electron chi connectivity index (χ1n) is 8.74. The highest BCUT2D eigenvalue weighted by Gasteiger charge is 2.33. The van der Waals surface area contributed by atoms with Crippen LogP contribution in [-0.4, -0.2) is 29.2 Å². The van der Waals surface area contributed by atoms with Gasteiger partial charge in [0.15, 0.2) is 5.84 Å². The zero-order valence-electron chi connectivity index (χ0n) is 14.7. The summed E-state index contributed by atoms with van der Waals surface area (Å²) in [7, 11) is 0. The fraction of sp³-hybridized carbons (Fsp3) is 0.263. The molecule has 27 heavy (non-hydrogen) atoms. The maximum Gasteiger partial charge on any atom is 0.260 e. The molecule has 1 aromatic carbocycles. The number of fused-ring (bicyclic) bond motifs is 1. The van der Waals surface area contributed by atoms with Gasteiger partial charge in [-0.2, -0.15) is 0 Å². The second-order valence-corrected chi connectivity index (χ2v) is 6.55. The van der Waals surface area contributed by atoms with Crippen molar-refractivity contribution in [3.63, 3.8) is 0 Å². The maximum absolute atomic E-state index is 13.0. The number of amides is 1. The number of rotatable bonds is 6. The second-order valence-electron chi connectivity index (χ2n) is 6.55. The van der Waals surface area contributed by atoms with Crippen molar-refractivity contribution in [1.29, 1.82) is 5.41 Å². The van der Waals surface area contributed by atoms with Crippen molar-refractivity contribution in [2.75, 3.05) is 4.90 Å². The van der Waals surface area contributed by atoms with Crippen LogP contribution >= 0.6 is 0 Å². The van der Waals surface area contributed by atoms with Crippen LogP contribution in [-0.2, 0) is 13.1 Å². The van der Waals surface area contributed by atoms with E-state index in [4.69, 9.17) is 21.6 Å². The Morgan fingerprint density at radius 1 is 1.41 bits per heavy atom. The summed E-state index contributed by atoms with van der Waals surface area (Å²) in [5.74, 6) is 1.15.